The molecule has 42 heavy (non-hydrogen) atoms. The maximum Gasteiger partial charge on any atom is 0.355 e. The quantitative estimate of drug-likeness (QED) is 0.111. The van der Waals surface area contributed by atoms with Crippen molar-refractivity contribution in [3.05, 3.63) is 92.6 Å². The van der Waals surface area contributed by atoms with E-state index in [1.54, 1.807) is 18.2 Å². The normalized spacial score (nSPS) is 14.2. The van der Waals surface area contributed by atoms with Crippen molar-refractivity contribution in [2.24, 2.45) is 5.73 Å². The number of rotatable bonds is 10. The van der Waals surface area contributed by atoms with E-state index in [1.807, 2.05) is 50.2 Å². The number of nitrogens with zero attached hydrogens (tertiary/aromatic N) is 1. The second-order valence-corrected chi connectivity index (χ2v) is 11.4. The van der Waals surface area contributed by atoms with Crippen molar-refractivity contribution >= 4 is 39.0 Å². The van der Waals surface area contributed by atoms with Gasteiger partial charge in [0.15, 0.2) is 11.5 Å². The molecule has 3 aromatic carbocycles. The number of nitriles is 1. The molecule has 2 heterocycles. The summed E-state index contributed by atoms with van der Waals surface area (Å²) >= 11 is 7.81. The Balaban J connectivity index is 1.45. The third-order valence-corrected chi connectivity index (χ3v) is 8.62. The number of esters is 1. The lowest BCUT2D eigenvalue weighted by molar-refractivity contribution is 0.0740. The minimum absolute atomic E-state index is 0.0146. The Hall–Kier alpha value is -4.19. The Morgan fingerprint density at radius 2 is 1.90 bits per heavy atom. The van der Waals surface area contributed by atoms with Crippen LogP contribution in [0.4, 0.5) is 0 Å². The first-order valence-corrected chi connectivity index (χ1v) is 15.1. The second-order valence-electron chi connectivity index (χ2n) is 9.95. The van der Waals surface area contributed by atoms with E-state index in [4.69, 9.17) is 36.3 Å². The number of unbranched alkanes of at least 4 members (excludes halogenated alkanes) is 2. The molecule has 5 rings (SSSR count). The van der Waals surface area contributed by atoms with Crippen molar-refractivity contribution in [2.75, 3.05) is 13.2 Å². The zero-order valence-electron chi connectivity index (χ0n) is 23.7. The van der Waals surface area contributed by atoms with Gasteiger partial charge in [0, 0.05) is 21.7 Å². The van der Waals surface area contributed by atoms with Crippen molar-refractivity contribution in [1.29, 1.82) is 5.26 Å². The Morgan fingerprint density at radius 3 is 2.67 bits per heavy atom. The lowest BCUT2D eigenvalue weighted by Crippen LogP contribution is -2.21. The molecule has 0 bridgehead atoms. The number of allylic oxidation sites excluding steroid dienone is 1. The zero-order chi connectivity index (χ0) is 29.8. The minimum Gasteiger partial charge on any atom is -0.490 e. The van der Waals surface area contributed by atoms with Crippen LogP contribution in [0, 0.1) is 18.3 Å². The number of hydrogen-bond acceptors (Lipinski definition) is 8. The fraction of sp³-hybridized carbons (Fsp3) is 0.273. The molecule has 7 nitrogen and oxygen atoms in total. The van der Waals surface area contributed by atoms with Crippen LogP contribution in [-0.4, -0.2) is 19.2 Å². The number of nitrogens with two attached hydrogens (primary N) is 1. The summed E-state index contributed by atoms with van der Waals surface area (Å²) in [5.41, 5.74) is 9.07. The number of halogens is 1. The number of fused-ring (bicyclic) bond motifs is 2. The zero-order valence-corrected chi connectivity index (χ0v) is 25.2. The van der Waals surface area contributed by atoms with E-state index in [1.165, 1.54) is 11.3 Å². The first-order chi connectivity index (χ1) is 20.3. The molecule has 0 radical (unpaired) electrons. The molecule has 2 N–H and O–H groups in total. The molecular weight excluding hydrogens is 572 g/mol. The SMILES string of the molecule is CCCCCOc1ccc(C2C(C#N)=C(N)Oc3cc(OC(=O)c4sc5cc(C)ccc5c4Cl)ccc32)cc1OCC. The molecule has 1 aliphatic rings. The highest BCUT2D eigenvalue weighted by molar-refractivity contribution is 7.21. The molecule has 0 spiro atoms. The Labute approximate surface area is 254 Å². The van der Waals surface area contributed by atoms with Crippen LogP contribution in [0.2, 0.25) is 5.02 Å². The fourth-order valence-electron chi connectivity index (χ4n) is 4.93. The van der Waals surface area contributed by atoms with Gasteiger partial charge in [-0.05, 0) is 55.7 Å². The van der Waals surface area contributed by atoms with Gasteiger partial charge in [0.2, 0.25) is 5.88 Å². The Bertz CT molecular complexity index is 1720. The van der Waals surface area contributed by atoms with Gasteiger partial charge in [-0.2, -0.15) is 5.26 Å². The summed E-state index contributed by atoms with van der Waals surface area (Å²) < 4.78 is 24.4. The first kappa shape index (κ1) is 29.3. The van der Waals surface area contributed by atoms with E-state index >= 15 is 0 Å². The van der Waals surface area contributed by atoms with Crippen LogP contribution in [0.5, 0.6) is 23.0 Å². The van der Waals surface area contributed by atoms with Crippen LogP contribution in [0.25, 0.3) is 10.1 Å². The summed E-state index contributed by atoms with van der Waals surface area (Å²) in [6.45, 7) is 7.09. The summed E-state index contributed by atoms with van der Waals surface area (Å²) in [4.78, 5) is 13.4. The molecule has 0 saturated carbocycles. The van der Waals surface area contributed by atoms with Crippen molar-refractivity contribution in [2.45, 2.75) is 46.0 Å². The lowest BCUT2D eigenvalue weighted by atomic mass is 9.83. The van der Waals surface area contributed by atoms with Crippen LogP contribution < -0.4 is 24.7 Å². The van der Waals surface area contributed by atoms with Gasteiger partial charge in [0.05, 0.1) is 24.2 Å². The lowest BCUT2D eigenvalue weighted by Gasteiger charge is -2.27. The predicted molar refractivity (Wildman–Crippen MR) is 165 cm³/mol. The summed E-state index contributed by atoms with van der Waals surface area (Å²) in [7, 11) is 0. The number of carbonyl (C=O) groups is 1. The molecule has 216 valence electrons. The van der Waals surface area contributed by atoms with Crippen LogP contribution >= 0.6 is 22.9 Å². The molecule has 0 aliphatic carbocycles. The highest BCUT2D eigenvalue weighted by atomic mass is 35.5. The van der Waals surface area contributed by atoms with E-state index < -0.39 is 11.9 Å². The van der Waals surface area contributed by atoms with Gasteiger partial charge in [-0.3, -0.25) is 0 Å². The Kier molecular flexibility index (Phi) is 8.91. The van der Waals surface area contributed by atoms with Crippen LogP contribution in [0.15, 0.2) is 66.1 Å². The third-order valence-electron chi connectivity index (χ3n) is 6.98. The van der Waals surface area contributed by atoms with Crippen LogP contribution in [0.1, 0.15) is 65.4 Å². The van der Waals surface area contributed by atoms with E-state index in [9.17, 15) is 10.1 Å². The summed E-state index contributed by atoms with van der Waals surface area (Å²) in [6.07, 6.45) is 3.15. The van der Waals surface area contributed by atoms with Crippen LogP contribution in [-0.2, 0) is 0 Å². The van der Waals surface area contributed by atoms with Gasteiger partial charge in [0.1, 0.15) is 28.0 Å². The molecule has 4 aromatic rings. The van der Waals surface area contributed by atoms with E-state index in [0.717, 1.165) is 40.5 Å². The maximum absolute atomic E-state index is 13.1. The summed E-state index contributed by atoms with van der Waals surface area (Å²) in [6, 6.07) is 18.7. The molecule has 1 unspecified atom stereocenters. The van der Waals surface area contributed by atoms with Gasteiger partial charge in [-0.25, -0.2) is 4.79 Å². The number of carbonyl (C=O) groups excluding carboxylic acids is 1. The van der Waals surface area contributed by atoms with Crippen molar-refractivity contribution in [3.8, 4) is 29.1 Å². The fourth-order valence-corrected chi connectivity index (χ4v) is 6.41. The minimum atomic E-state index is -0.566. The molecule has 0 fully saturated rings. The number of hydrogen-bond donors (Lipinski definition) is 1. The third kappa shape index (κ3) is 5.89. The Morgan fingerprint density at radius 1 is 1.07 bits per heavy atom. The summed E-state index contributed by atoms with van der Waals surface area (Å²) in [5, 5.41) is 11.2. The van der Waals surface area contributed by atoms with Crippen molar-refractivity contribution < 1.29 is 23.7 Å². The predicted octanol–water partition coefficient (Wildman–Crippen LogP) is 8.27. The monoisotopic (exact) mass is 602 g/mol. The highest BCUT2D eigenvalue weighted by Crippen LogP contribution is 2.45. The topological polar surface area (TPSA) is 104 Å². The van der Waals surface area contributed by atoms with Gasteiger partial charge >= 0.3 is 5.97 Å². The van der Waals surface area contributed by atoms with E-state index in [-0.39, 0.29) is 17.2 Å². The number of benzene rings is 3. The number of ether oxygens (including phenoxy) is 4. The van der Waals surface area contributed by atoms with Gasteiger partial charge < -0.3 is 24.7 Å². The largest absolute Gasteiger partial charge is 0.490 e. The molecule has 1 aliphatic heterocycles. The van der Waals surface area contributed by atoms with Crippen LogP contribution in [0.3, 0.4) is 0 Å². The molecule has 1 aromatic heterocycles. The smallest absolute Gasteiger partial charge is 0.355 e. The molecular formula is C33H31ClN2O5S. The number of thiophene rings is 1. The van der Waals surface area contributed by atoms with E-state index in [0.29, 0.717) is 45.9 Å². The molecule has 0 amide bonds. The molecule has 9 heteroatoms. The molecule has 0 saturated heterocycles. The maximum atomic E-state index is 13.1. The van der Waals surface area contributed by atoms with Crippen molar-refractivity contribution in [1.82, 2.24) is 0 Å². The average Bonchev–Trinajstić information content (AvgIpc) is 3.30. The second kappa shape index (κ2) is 12.8. The first-order valence-electron chi connectivity index (χ1n) is 13.9. The van der Waals surface area contributed by atoms with E-state index in [2.05, 4.69) is 13.0 Å². The van der Waals surface area contributed by atoms with Gasteiger partial charge in [-0.1, -0.05) is 55.6 Å². The van der Waals surface area contributed by atoms with Gasteiger partial charge in [0.25, 0.3) is 0 Å². The average molecular weight is 603 g/mol. The van der Waals surface area contributed by atoms with Gasteiger partial charge in [-0.15, -0.1) is 11.3 Å². The summed E-state index contributed by atoms with van der Waals surface area (Å²) in [5.74, 6) is 0.798. The standard InChI is InChI=1S/C33H31ClN2O5S/c1-4-6-7-14-39-25-13-9-20(16-27(25)38-5-2)29-22-12-10-21(17-26(22)41-32(36)24(29)18-35)40-33(37)31-30(34)23-11-8-19(3)15-28(23)42-31/h8-13,15-17,29H,4-7,14,36H2,1-3H3. The highest BCUT2D eigenvalue weighted by Gasteiger charge is 2.32. The number of aryl methyl sites for hydroxylation is 1. The van der Waals surface area contributed by atoms with Crippen molar-refractivity contribution in [3.63, 3.8) is 0 Å². The molecule has 1 atom stereocenters.